The molecule has 2 rings (SSSR count). The summed E-state index contributed by atoms with van der Waals surface area (Å²) in [6, 6.07) is 2.13. The minimum atomic E-state index is -0.361. The van der Waals surface area contributed by atoms with Crippen molar-refractivity contribution in [2.24, 2.45) is 0 Å². The number of rotatable bonds is 5. The second-order valence-electron chi connectivity index (χ2n) is 5.28. The van der Waals surface area contributed by atoms with Gasteiger partial charge in [0.1, 0.15) is 13.2 Å². The van der Waals surface area contributed by atoms with Crippen molar-refractivity contribution in [3.63, 3.8) is 0 Å². The van der Waals surface area contributed by atoms with E-state index in [0.717, 1.165) is 17.1 Å². The van der Waals surface area contributed by atoms with Crippen molar-refractivity contribution < 1.29 is 9.53 Å². The van der Waals surface area contributed by atoms with Gasteiger partial charge in [-0.05, 0) is 33.8 Å². The highest BCUT2D eigenvalue weighted by Crippen LogP contribution is 2.14. The molecule has 0 aliphatic rings. The summed E-state index contributed by atoms with van der Waals surface area (Å²) in [5.74, 6) is -0.361. The van der Waals surface area contributed by atoms with Crippen molar-refractivity contribution in [2.75, 3.05) is 5.73 Å². The highest BCUT2D eigenvalue weighted by Gasteiger charge is 2.13. The molecular formula is C14H21N5O2. The van der Waals surface area contributed by atoms with Gasteiger partial charge in [-0.15, -0.1) is 0 Å². The van der Waals surface area contributed by atoms with Crippen molar-refractivity contribution in [3.8, 4) is 0 Å². The van der Waals surface area contributed by atoms with Gasteiger partial charge in [-0.1, -0.05) is 0 Å². The number of aromatic nitrogens is 4. The topological polar surface area (TPSA) is 88.0 Å². The fraction of sp³-hybridized carbons (Fsp3) is 0.500. The number of hydrogen-bond acceptors (Lipinski definition) is 5. The number of nitrogens with two attached hydrogens (primary N) is 1. The monoisotopic (exact) mass is 291 g/mol. The number of carbonyl (C=O) groups excluding carboxylic acids is 1. The Kier molecular flexibility index (Phi) is 4.30. The molecule has 7 heteroatoms. The zero-order valence-corrected chi connectivity index (χ0v) is 12.8. The van der Waals surface area contributed by atoms with Gasteiger partial charge in [-0.2, -0.15) is 10.2 Å². The Bertz CT molecular complexity index is 642. The van der Waals surface area contributed by atoms with Crippen LogP contribution in [0.15, 0.2) is 12.3 Å². The Morgan fingerprint density at radius 2 is 2.10 bits per heavy atom. The Hall–Kier alpha value is -2.31. The molecule has 2 aromatic heterocycles. The fourth-order valence-electron chi connectivity index (χ4n) is 1.93. The molecule has 0 bridgehead atoms. The number of ether oxygens (including phenoxy) is 1. The van der Waals surface area contributed by atoms with E-state index in [9.17, 15) is 4.79 Å². The minimum Gasteiger partial charge on any atom is -0.458 e. The van der Waals surface area contributed by atoms with E-state index in [2.05, 4.69) is 10.2 Å². The normalized spacial score (nSPS) is 11.1. The summed E-state index contributed by atoms with van der Waals surface area (Å²) in [5.41, 5.74) is 8.65. The molecule has 0 unspecified atom stereocenters. The van der Waals surface area contributed by atoms with Crippen molar-refractivity contribution in [1.29, 1.82) is 0 Å². The summed E-state index contributed by atoms with van der Waals surface area (Å²) < 4.78 is 8.59. The molecule has 0 aromatic carbocycles. The number of hydrogen-bond donors (Lipinski definition) is 1. The quantitative estimate of drug-likeness (QED) is 0.845. The minimum absolute atomic E-state index is 0.0504. The van der Waals surface area contributed by atoms with Gasteiger partial charge < -0.3 is 10.5 Å². The maximum atomic E-state index is 11.8. The van der Waals surface area contributed by atoms with Crippen LogP contribution < -0.4 is 5.73 Å². The van der Waals surface area contributed by atoms with E-state index in [0.29, 0.717) is 5.69 Å². The lowest BCUT2D eigenvalue weighted by atomic mass is 10.3. The molecule has 0 saturated carbocycles. The summed E-state index contributed by atoms with van der Waals surface area (Å²) >= 11 is 0. The largest absolute Gasteiger partial charge is 0.458 e. The first kappa shape index (κ1) is 15.1. The van der Waals surface area contributed by atoms with Gasteiger partial charge in [0.15, 0.2) is 0 Å². The van der Waals surface area contributed by atoms with Crippen LogP contribution in [-0.2, 0) is 22.7 Å². The van der Waals surface area contributed by atoms with Gasteiger partial charge >= 0.3 is 5.97 Å². The van der Waals surface area contributed by atoms with Crippen LogP contribution in [-0.4, -0.2) is 25.5 Å². The molecule has 21 heavy (non-hydrogen) atoms. The summed E-state index contributed by atoms with van der Waals surface area (Å²) in [6.45, 7) is 7.92. The van der Waals surface area contributed by atoms with E-state index in [1.807, 2.05) is 44.6 Å². The lowest BCUT2D eigenvalue weighted by Gasteiger charge is -2.06. The molecule has 2 aromatic rings. The lowest BCUT2D eigenvalue weighted by molar-refractivity contribution is -0.146. The number of nitrogens with zero attached hydrogens (tertiary/aromatic N) is 4. The highest BCUT2D eigenvalue weighted by atomic mass is 16.5. The molecular weight excluding hydrogens is 270 g/mol. The Morgan fingerprint density at radius 3 is 2.62 bits per heavy atom. The first-order valence-electron chi connectivity index (χ1n) is 6.87. The maximum Gasteiger partial charge on any atom is 0.328 e. The maximum absolute atomic E-state index is 11.8. The Balaban J connectivity index is 1.91. The highest BCUT2D eigenvalue weighted by molar-refractivity contribution is 5.69. The van der Waals surface area contributed by atoms with Crippen molar-refractivity contribution in [3.05, 3.63) is 29.3 Å². The van der Waals surface area contributed by atoms with Crippen LogP contribution in [0, 0.1) is 13.8 Å². The Labute approximate surface area is 123 Å². The van der Waals surface area contributed by atoms with Crippen LogP contribution >= 0.6 is 0 Å². The fourth-order valence-corrected chi connectivity index (χ4v) is 1.93. The third-order valence-electron chi connectivity index (χ3n) is 3.29. The van der Waals surface area contributed by atoms with Crippen LogP contribution in [0.5, 0.6) is 0 Å². The van der Waals surface area contributed by atoms with E-state index in [4.69, 9.17) is 10.5 Å². The van der Waals surface area contributed by atoms with E-state index in [-0.39, 0.29) is 25.2 Å². The average Bonchev–Trinajstić information content (AvgIpc) is 2.99. The summed E-state index contributed by atoms with van der Waals surface area (Å²) in [4.78, 5) is 11.8. The van der Waals surface area contributed by atoms with Crippen LogP contribution in [0.2, 0.25) is 0 Å². The molecule has 0 spiro atoms. The SMILES string of the molecule is Cc1nn(CC(=O)OCc2ccn(C(C)C)n2)c(C)c1N. The first-order chi connectivity index (χ1) is 9.88. The number of anilines is 1. The van der Waals surface area contributed by atoms with E-state index in [1.54, 1.807) is 4.68 Å². The molecule has 2 heterocycles. The zero-order chi connectivity index (χ0) is 15.6. The van der Waals surface area contributed by atoms with Gasteiger partial charge in [-0.25, -0.2) is 0 Å². The van der Waals surface area contributed by atoms with Crippen LogP contribution in [0.3, 0.4) is 0 Å². The van der Waals surface area contributed by atoms with Crippen molar-refractivity contribution in [1.82, 2.24) is 19.6 Å². The van der Waals surface area contributed by atoms with Crippen molar-refractivity contribution >= 4 is 11.7 Å². The average molecular weight is 291 g/mol. The molecule has 114 valence electrons. The zero-order valence-electron chi connectivity index (χ0n) is 12.8. The smallest absolute Gasteiger partial charge is 0.328 e. The molecule has 0 fully saturated rings. The van der Waals surface area contributed by atoms with Crippen LogP contribution in [0.25, 0.3) is 0 Å². The molecule has 7 nitrogen and oxygen atoms in total. The number of aryl methyl sites for hydroxylation is 1. The standard InChI is InChI=1S/C14H21N5O2/c1-9(2)18-6-5-12(17-18)8-21-13(20)7-19-11(4)14(15)10(3)16-19/h5-6,9H,7-8,15H2,1-4H3. The lowest BCUT2D eigenvalue weighted by Crippen LogP contribution is -2.16. The van der Waals surface area contributed by atoms with Gasteiger partial charge in [0.05, 0.1) is 22.8 Å². The van der Waals surface area contributed by atoms with Gasteiger partial charge in [0.25, 0.3) is 0 Å². The number of nitrogen functional groups attached to an aromatic ring is 1. The first-order valence-corrected chi connectivity index (χ1v) is 6.87. The summed E-state index contributed by atoms with van der Waals surface area (Å²) in [7, 11) is 0. The molecule has 0 atom stereocenters. The number of esters is 1. The van der Waals surface area contributed by atoms with E-state index < -0.39 is 0 Å². The third-order valence-corrected chi connectivity index (χ3v) is 3.29. The third kappa shape index (κ3) is 3.42. The molecule has 0 amide bonds. The van der Waals surface area contributed by atoms with E-state index >= 15 is 0 Å². The molecule has 0 saturated heterocycles. The number of carbonyl (C=O) groups is 1. The molecule has 0 aliphatic carbocycles. The van der Waals surface area contributed by atoms with Crippen LogP contribution in [0.1, 0.15) is 37.0 Å². The van der Waals surface area contributed by atoms with Gasteiger partial charge in [0, 0.05) is 12.2 Å². The van der Waals surface area contributed by atoms with Gasteiger partial charge in [0.2, 0.25) is 0 Å². The molecule has 0 radical (unpaired) electrons. The summed E-state index contributed by atoms with van der Waals surface area (Å²) in [5, 5.41) is 8.52. The van der Waals surface area contributed by atoms with Crippen molar-refractivity contribution in [2.45, 2.75) is 46.9 Å². The predicted octanol–water partition coefficient (Wildman–Crippen LogP) is 1.60. The predicted molar refractivity (Wildman–Crippen MR) is 78.5 cm³/mol. The second-order valence-corrected chi connectivity index (χ2v) is 5.28. The molecule has 0 aliphatic heterocycles. The van der Waals surface area contributed by atoms with Crippen LogP contribution in [0.4, 0.5) is 5.69 Å². The molecule has 2 N–H and O–H groups in total. The second kappa shape index (κ2) is 5.99. The Morgan fingerprint density at radius 1 is 1.38 bits per heavy atom. The van der Waals surface area contributed by atoms with E-state index in [1.165, 1.54) is 0 Å². The summed E-state index contributed by atoms with van der Waals surface area (Å²) in [6.07, 6.45) is 1.87. The van der Waals surface area contributed by atoms with Gasteiger partial charge in [-0.3, -0.25) is 14.2 Å².